The topological polar surface area (TPSA) is 69.0 Å². The number of carbonyl (C=O) groups excluding carboxylic acids is 1. The number of hydrogen-bond acceptors (Lipinski definition) is 4. The van der Waals surface area contributed by atoms with E-state index < -0.39 is 0 Å². The molecule has 2 heterocycles. The molecule has 0 aliphatic carbocycles. The molecule has 6 heteroatoms. The number of benzene rings is 1. The highest BCUT2D eigenvalue weighted by Gasteiger charge is 2.18. The second kappa shape index (κ2) is 6.41. The van der Waals surface area contributed by atoms with Crippen LogP contribution in [0.2, 0.25) is 0 Å². The summed E-state index contributed by atoms with van der Waals surface area (Å²) in [7, 11) is 3.46. The van der Waals surface area contributed by atoms with Crippen LogP contribution in [0, 0.1) is 13.8 Å². The molecule has 0 saturated carbocycles. The van der Waals surface area contributed by atoms with Gasteiger partial charge in [-0.05, 0) is 26.0 Å². The summed E-state index contributed by atoms with van der Waals surface area (Å²) >= 11 is 0. The third kappa shape index (κ3) is 2.88. The number of rotatable bonds is 4. The van der Waals surface area contributed by atoms with E-state index >= 15 is 0 Å². The van der Waals surface area contributed by atoms with Crippen molar-refractivity contribution in [3.63, 3.8) is 0 Å². The Balaban J connectivity index is 2.04. The molecule has 24 heavy (non-hydrogen) atoms. The number of aryl methyl sites for hydroxylation is 3. The highest BCUT2D eigenvalue weighted by molar-refractivity contribution is 6.12. The van der Waals surface area contributed by atoms with Crippen molar-refractivity contribution in [3.05, 3.63) is 52.8 Å². The van der Waals surface area contributed by atoms with Crippen molar-refractivity contribution in [1.29, 1.82) is 0 Å². The number of para-hydroxylation sites is 1. The molecule has 0 aliphatic heterocycles. The number of aromatic nitrogens is 3. The highest BCUT2D eigenvalue weighted by atomic mass is 16.5. The van der Waals surface area contributed by atoms with E-state index in [1.165, 1.54) is 0 Å². The number of methoxy groups -OCH3 is 1. The molecule has 0 aliphatic rings. The van der Waals surface area contributed by atoms with Crippen LogP contribution in [0.5, 0.6) is 0 Å². The lowest BCUT2D eigenvalue weighted by atomic mass is 10.1. The van der Waals surface area contributed by atoms with E-state index in [1.807, 2.05) is 45.2 Å². The predicted molar refractivity (Wildman–Crippen MR) is 93.1 cm³/mol. The number of anilines is 1. The molecule has 0 spiro atoms. The van der Waals surface area contributed by atoms with Crippen molar-refractivity contribution in [2.45, 2.75) is 20.5 Å². The minimum atomic E-state index is -0.176. The predicted octanol–water partition coefficient (Wildman–Crippen LogP) is 2.98. The summed E-state index contributed by atoms with van der Waals surface area (Å²) < 4.78 is 6.89. The lowest BCUT2D eigenvalue weighted by Crippen LogP contribution is -2.15. The number of hydrogen-bond donors (Lipinski definition) is 1. The largest absolute Gasteiger partial charge is 0.380 e. The smallest absolute Gasteiger partial charge is 0.256 e. The maximum Gasteiger partial charge on any atom is 0.256 e. The lowest BCUT2D eigenvalue weighted by molar-refractivity contribution is 0.102. The van der Waals surface area contributed by atoms with E-state index in [2.05, 4.69) is 15.4 Å². The number of pyridine rings is 1. The van der Waals surface area contributed by atoms with Crippen molar-refractivity contribution in [1.82, 2.24) is 14.8 Å². The van der Waals surface area contributed by atoms with E-state index in [0.717, 1.165) is 28.0 Å². The molecule has 0 bridgehead atoms. The molecule has 1 N–H and O–H groups in total. The van der Waals surface area contributed by atoms with Gasteiger partial charge in [-0.1, -0.05) is 18.2 Å². The van der Waals surface area contributed by atoms with E-state index in [0.29, 0.717) is 17.8 Å². The zero-order valence-corrected chi connectivity index (χ0v) is 14.3. The quantitative estimate of drug-likeness (QED) is 0.801. The molecule has 0 unspecified atom stereocenters. The van der Waals surface area contributed by atoms with E-state index in [4.69, 9.17) is 4.74 Å². The molecule has 6 nitrogen and oxygen atoms in total. The number of nitrogens with zero attached hydrogens (tertiary/aromatic N) is 3. The molecule has 2 aromatic heterocycles. The van der Waals surface area contributed by atoms with Crippen molar-refractivity contribution >= 4 is 22.6 Å². The first-order valence-electron chi connectivity index (χ1n) is 7.70. The number of carbonyl (C=O) groups is 1. The van der Waals surface area contributed by atoms with Crippen LogP contribution in [0.25, 0.3) is 11.0 Å². The number of amides is 1. The Bertz CT molecular complexity index is 915. The average molecular weight is 324 g/mol. The van der Waals surface area contributed by atoms with Crippen LogP contribution in [0.15, 0.2) is 30.3 Å². The third-order valence-electron chi connectivity index (χ3n) is 3.91. The molecule has 0 radical (unpaired) electrons. The molecular weight excluding hydrogens is 304 g/mol. The molecule has 0 saturated heterocycles. The zero-order chi connectivity index (χ0) is 17.3. The van der Waals surface area contributed by atoms with Gasteiger partial charge in [0.05, 0.1) is 23.3 Å². The highest BCUT2D eigenvalue weighted by Crippen LogP contribution is 2.24. The number of ether oxygens (including phenoxy) is 1. The van der Waals surface area contributed by atoms with Crippen LogP contribution in [0.3, 0.4) is 0 Å². The van der Waals surface area contributed by atoms with Gasteiger partial charge in [-0.25, -0.2) is 4.98 Å². The van der Waals surface area contributed by atoms with Crippen LogP contribution in [-0.4, -0.2) is 27.8 Å². The summed E-state index contributed by atoms with van der Waals surface area (Å²) in [5.74, 6) is -0.176. The van der Waals surface area contributed by atoms with Gasteiger partial charge in [0.15, 0.2) is 5.65 Å². The Morgan fingerprint density at radius 1 is 1.29 bits per heavy atom. The van der Waals surface area contributed by atoms with Crippen LogP contribution in [0.4, 0.5) is 5.69 Å². The summed E-state index contributed by atoms with van der Waals surface area (Å²) in [6, 6.07) is 9.41. The minimum absolute atomic E-state index is 0.176. The fourth-order valence-corrected chi connectivity index (χ4v) is 2.86. The Hall–Kier alpha value is -2.73. The summed E-state index contributed by atoms with van der Waals surface area (Å²) in [6.45, 7) is 4.19. The third-order valence-corrected chi connectivity index (χ3v) is 3.91. The summed E-state index contributed by atoms with van der Waals surface area (Å²) in [5.41, 5.74) is 4.53. The van der Waals surface area contributed by atoms with Crippen LogP contribution < -0.4 is 5.32 Å². The lowest BCUT2D eigenvalue weighted by Gasteiger charge is -2.11. The van der Waals surface area contributed by atoms with Gasteiger partial charge in [0.25, 0.3) is 5.91 Å². The molecule has 1 amide bonds. The SMILES string of the molecule is COCc1ccccc1NC(=O)c1cc(C)nc2c1c(C)nn2C. The van der Waals surface area contributed by atoms with Gasteiger partial charge in [-0.2, -0.15) is 5.10 Å². The first-order valence-corrected chi connectivity index (χ1v) is 7.70. The Morgan fingerprint density at radius 2 is 2.04 bits per heavy atom. The maximum atomic E-state index is 12.9. The van der Waals surface area contributed by atoms with Crippen molar-refractivity contribution in [3.8, 4) is 0 Å². The average Bonchev–Trinajstić information content (AvgIpc) is 2.83. The first-order chi connectivity index (χ1) is 11.5. The van der Waals surface area contributed by atoms with Gasteiger partial charge in [0.1, 0.15) is 0 Å². The van der Waals surface area contributed by atoms with Crippen molar-refractivity contribution in [2.24, 2.45) is 7.05 Å². The van der Waals surface area contributed by atoms with Gasteiger partial charge < -0.3 is 10.1 Å². The van der Waals surface area contributed by atoms with E-state index in [9.17, 15) is 4.79 Å². The molecule has 3 rings (SSSR count). The van der Waals surface area contributed by atoms with Gasteiger partial charge in [-0.3, -0.25) is 9.48 Å². The molecular formula is C18H20N4O2. The number of fused-ring (bicyclic) bond motifs is 1. The van der Waals surface area contributed by atoms with Crippen LogP contribution in [0.1, 0.15) is 27.3 Å². The van der Waals surface area contributed by atoms with Gasteiger partial charge in [0, 0.05) is 31.1 Å². The Labute approximate surface area is 140 Å². The standard InChI is InChI=1S/C18H20N4O2/c1-11-9-14(16-12(2)21-22(3)17(16)19-11)18(23)20-15-8-6-5-7-13(15)10-24-4/h5-9H,10H2,1-4H3,(H,20,23). The normalized spacial score (nSPS) is 11.0. The number of nitrogens with one attached hydrogen (secondary N) is 1. The van der Waals surface area contributed by atoms with Gasteiger partial charge in [-0.15, -0.1) is 0 Å². The van der Waals surface area contributed by atoms with Crippen molar-refractivity contribution in [2.75, 3.05) is 12.4 Å². The van der Waals surface area contributed by atoms with Crippen LogP contribution >= 0.6 is 0 Å². The molecule has 1 aromatic carbocycles. The van der Waals surface area contributed by atoms with Crippen LogP contribution in [-0.2, 0) is 18.4 Å². The van der Waals surface area contributed by atoms with E-state index in [1.54, 1.807) is 17.9 Å². The molecule has 3 aromatic rings. The molecule has 0 atom stereocenters. The molecule has 124 valence electrons. The Morgan fingerprint density at radius 3 is 2.79 bits per heavy atom. The summed E-state index contributed by atoms with van der Waals surface area (Å²) in [5, 5.41) is 8.15. The van der Waals surface area contributed by atoms with Crippen molar-refractivity contribution < 1.29 is 9.53 Å². The second-order valence-corrected chi connectivity index (χ2v) is 5.76. The second-order valence-electron chi connectivity index (χ2n) is 5.76. The first kappa shape index (κ1) is 16.1. The fourth-order valence-electron chi connectivity index (χ4n) is 2.86. The molecule has 0 fully saturated rings. The summed E-state index contributed by atoms with van der Waals surface area (Å²) in [4.78, 5) is 17.4. The van der Waals surface area contributed by atoms with Gasteiger partial charge in [0.2, 0.25) is 0 Å². The van der Waals surface area contributed by atoms with Gasteiger partial charge >= 0.3 is 0 Å². The zero-order valence-electron chi connectivity index (χ0n) is 14.3. The monoisotopic (exact) mass is 324 g/mol. The fraction of sp³-hybridized carbons (Fsp3) is 0.278. The van der Waals surface area contributed by atoms with E-state index in [-0.39, 0.29) is 5.91 Å². The Kier molecular flexibility index (Phi) is 4.31. The maximum absolute atomic E-state index is 12.9. The summed E-state index contributed by atoms with van der Waals surface area (Å²) in [6.07, 6.45) is 0. The minimum Gasteiger partial charge on any atom is -0.380 e.